The molecular weight excluding hydrogens is 529 g/mol. The fourth-order valence-electron chi connectivity index (χ4n) is 4.56. The van der Waals surface area contributed by atoms with Gasteiger partial charge < -0.3 is 25.0 Å². The normalized spacial score (nSPS) is 21.0. The molecule has 0 aliphatic carbocycles. The molecular formula is C24H36IN7O. The van der Waals surface area contributed by atoms with Crippen molar-refractivity contribution >= 4 is 41.7 Å². The molecule has 3 heterocycles. The summed E-state index contributed by atoms with van der Waals surface area (Å²) in [4.78, 5) is 25.8. The number of hydrogen-bond donors (Lipinski definition) is 2. The quantitative estimate of drug-likeness (QED) is 0.324. The minimum absolute atomic E-state index is 0. The third kappa shape index (κ3) is 6.61. The van der Waals surface area contributed by atoms with E-state index in [0.29, 0.717) is 18.5 Å². The summed E-state index contributed by atoms with van der Waals surface area (Å²) in [7, 11) is 0. The lowest BCUT2D eigenvalue weighted by Gasteiger charge is -2.39. The van der Waals surface area contributed by atoms with E-state index in [-0.39, 0.29) is 30.0 Å². The number of aliphatic imine (C=N–C) groups is 1. The van der Waals surface area contributed by atoms with Gasteiger partial charge in [0.2, 0.25) is 0 Å². The van der Waals surface area contributed by atoms with Gasteiger partial charge in [0.15, 0.2) is 5.96 Å². The van der Waals surface area contributed by atoms with Gasteiger partial charge in [0.1, 0.15) is 0 Å². The summed E-state index contributed by atoms with van der Waals surface area (Å²) >= 11 is 0. The Bertz CT molecular complexity index is 911. The lowest BCUT2D eigenvalue weighted by Crippen LogP contribution is -2.49. The third-order valence-electron chi connectivity index (χ3n) is 6.44. The molecule has 2 fully saturated rings. The molecule has 2 saturated heterocycles. The number of anilines is 1. The summed E-state index contributed by atoms with van der Waals surface area (Å²) in [5.74, 6) is 1.54. The van der Waals surface area contributed by atoms with Crippen LogP contribution in [0.15, 0.2) is 48.0 Å². The minimum atomic E-state index is -0.00975. The Morgan fingerprint density at radius 3 is 2.76 bits per heavy atom. The first-order valence-corrected chi connectivity index (χ1v) is 11.8. The Labute approximate surface area is 213 Å². The third-order valence-corrected chi connectivity index (χ3v) is 6.44. The summed E-state index contributed by atoms with van der Waals surface area (Å²) < 4.78 is 2.22. The Hall–Kier alpha value is -2.30. The van der Waals surface area contributed by atoms with Crippen molar-refractivity contribution in [3.63, 3.8) is 0 Å². The summed E-state index contributed by atoms with van der Waals surface area (Å²) in [5, 5.41) is 6.49. The second kappa shape index (κ2) is 12.2. The maximum Gasteiger partial charge on any atom is 0.321 e. The van der Waals surface area contributed by atoms with Crippen molar-refractivity contribution in [1.29, 1.82) is 0 Å². The number of nitrogens with zero attached hydrogens (tertiary/aromatic N) is 5. The molecule has 4 rings (SSSR count). The number of benzene rings is 1. The first kappa shape index (κ1) is 25.3. The second-order valence-electron chi connectivity index (χ2n) is 8.78. The maximum atomic E-state index is 12.4. The number of halogens is 1. The van der Waals surface area contributed by atoms with Crippen LogP contribution in [0.3, 0.4) is 0 Å². The van der Waals surface area contributed by atoms with Crippen molar-refractivity contribution in [3.8, 4) is 0 Å². The zero-order chi connectivity index (χ0) is 22.3. The molecule has 2 aromatic rings. The second-order valence-corrected chi connectivity index (χ2v) is 8.78. The van der Waals surface area contributed by atoms with E-state index in [1.165, 1.54) is 0 Å². The van der Waals surface area contributed by atoms with Crippen LogP contribution in [0.4, 0.5) is 10.5 Å². The van der Waals surface area contributed by atoms with Gasteiger partial charge in [-0.25, -0.2) is 14.8 Å². The van der Waals surface area contributed by atoms with Gasteiger partial charge in [-0.15, -0.1) is 24.0 Å². The number of likely N-dealkylation sites (tertiary alicyclic amines) is 2. The summed E-state index contributed by atoms with van der Waals surface area (Å²) in [6.07, 6.45) is 9.11. The fraction of sp³-hybridized carbons (Fsp3) is 0.542. The van der Waals surface area contributed by atoms with Gasteiger partial charge in [-0.05, 0) is 49.8 Å². The van der Waals surface area contributed by atoms with Crippen molar-refractivity contribution in [2.75, 3.05) is 38.0 Å². The molecule has 2 amide bonds. The molecule has 2 atom stereocenters. The number of urea groups is 1. The summed E-state index contributed by atoms with van der Waals surface area (Å²) in [6, 6.07) is 8.38. The number of imidazole rings is 1. The van der Waals surface area contributed by atoms with Gasteiger partial charge >= 0.3 is 6.03 Å². The highest BCUT2D eigenvalue weighted by Crippen LogP contribution is 2.27. The SMILES string of the molecule is CCNC(=NCc1cccc(NC(=O)N2CCCC2)c1)N1CCC(C)C(n2ccnc2)C1.I. The molecule has 9 heteroatoms. The number of nitrogens with one attached hydrogen (secondary N) is 2. The molecule has 0 saturated carbocycles. The number of aromatic nitrogens is 2. The van der Waals surface area contributed by atoms with E-state index in [2.05, 4.69) is 51.2 Å². The van der Waals surface area contributed by atoms with Crippen molar-refractivity contribution in [3.05, 3.63) is 48.5 Å². The Morgan fingerprint density at radius 1 is 1.21 bits per heavy atom. The molecule has 2 N–H and O–H groups in total. The van der Waals surface area contributed by atoms with Gasteiger partial charge in [0.05, 0.1) is 18.9 Å². The minimum Gasteiger partial charge on any atom is -0.357 e. The van der Waals surface area contributed by atoms with Gasteiger partial charge in [-0.1, -0.05) is 19.1 Å². The highest BCUT2D eigenvalue weighted by atomic mass is 127. The van der Waals surface area contributed by atoms with Crippen LogP contribution in [0, 0.1) is 5.92 Å². The van der Waals surface area contributed by atoms with Crippen molar-refractivity contribution in [2.24, 2.45) is 10.9 Å². The van der Waals surface area contributed by atoms with Crippen LogP contribution in [0.1, 0.15) is 44.7 Å². The Morgan fingerprint density at radius 2 is 2.03 bits per heavy atom. The number of rotatable bonds is 5. The molecule has 2 unspecified atom stereocenters. The van der Waals surface area contributed by atoms with E-state index in [1.54, 1.807) is 0 Å². The lowest BCUT2D eigenvalue weighted by molar-refractivity contribution is 0.189. The Kier molecular flexibility index (Phi) is 9.40. The zero-order valence-corrected chi connectivity index (χ0v) is 21.9. The molecule has 8 nitrogen and oxygen atoms in total. The number of piperidine rings is 1. The molecule has 1 aromatic heterocycles. The van der Waals surface area contributed by atoms with E-state index >= 15 is 0 Å². The van der Waals surface area contributed by atoms with Crippen molar-refractivity contribution in [2.45, 2.75) is 45.7 Å². The van der Waals surface area contributed by atoms with Gasteiger partial charge in [-0.2, -0.15) is 0 Å². The number of carbonyl (C=O) groups excluding carboxylic acids is 1. The molecule has 180 valence electrons. The number of hydrogen-bond acceptors (Lipinski definition) is 3. The first-order valence-electron chi connectivity index (χ1n) is 11.8. The van der Waals surface area contributed by atoms with Crippen LogP contribution in [0.2, 0.25) is 0 Å². The predicted molar refractivity (Wildman–Crippen MR) is 143 cm³/mol. The van der Waals surface area contributed by atoms with E-state index in [0.717, 1.165) is 69.2 Å². The van der Waals surface area contributed by atoms with Gasteiger partial charge in [0.25, 0.3) is 0 Å². The number of guanidine groups is 1. The average molecular weight is 566 g/mol. The Balaban J connectivity index is 0.00000306. The monoisotopic (exact) mass is 565 g/mol. The summed E-state index contributed by atoms with van der Waals surface area (Å²) in [5.41, 5.74) is 1.91. The van der Waals surface area contributed by atoms with Crippen LogP contribution in [-0.4, -0.2) is 64.1 Å². The van der Waals surface area contributed by atoms with E-state index < -0.39 is 0 Å². The number of amides is 2. The molecule has 2 aliphatic rings. The smallest absolute Gasteiger partial charge is 0.321 e. The standard InChI is InChI=1S/C24H35N7O.HI/c1-3-26-23(30-13-9-19(2)22(17-30)31-14-10-25-18-31)27-16-20-7-6-8-21(15-20)28-24(32)29-11-4-5-12-29;/h6-8,10,14-15,18-19,22H,3-5,9,11-13,16-17H2,1-2H3,(H,26,27)(H,28,32);1H. The largest absolute Gasteiger partial charge is 0.357 e. The zero-order valence-electron chi connectivity index (χ0n) is 19.6. The van der Waals surface area contributed by atoms with Gasteiger partial charge in [-0.3, -0.25) is 0 Å². The van der Waals surface area contributed by atoms with E-state index in [9.17, 15) is 4.79 Å². The van der Waals surface area contributed by atoms with Crippen LogP contribution >= 0.6 is 24.0 Å². The summed E-state index contributed by atoms with van der Waals surface area (Å²) in [6.45, 7) is 9.40. The van der Waals surface area contributed by atoms with Crippen molar-refractivity contribution in [1.82, 2.24) is 24.7 Å². The molecule has 0 spiro atoms. The van der Waals surface area contributed by atoms with E-state index in [4.69, 9.17) is 4.99 Å². The fourth-order valence-corrected chi connectivity index (χ4v) is 4.56. The predicted octanol–water partition coefficient (Wildman–Crippen LogP) is 4.18. The lowest BCUT2D eigenvalue weighted by atomic mass is 9.93. The van der Waals surface area contributed by atoms with Crippen LogP contribution < -0.4 is 10.6 Å². The molecule has 2 aliphatic heterocycles. The highest BCUT2D eigenvalue weighted by molar-refractivity contribution is 14.0. The van der Waals surface area contributed by atoms with Crippen molar-refractivity contribution < 1.29 is 4.79 Å². The topological polar surface area (TPSA) is 77.8 Å². The average Bonchev–Trinajstić information content (AvgIpc) is 3.52. The van der Waals surface area contributed by atoms with Crippen LogP contribution in [-0.2, 0) is 6.54 Å². The highest BCUT2D eigenvalue weighted by Gasteiger charge is 2.28. The molecule has 0 bridgehead atoms. The first-order chi connectivity index (χ1) is 15.6. The molecule has 33 heavy (non-hydrogen) atoms. The van der Waals surface area contributed by atoms with Crippen LogP contribution in [0.5, 0.6) is 0 Å². The maximum absolute atomic E-state index is 12.4. The van der Waals surface area contributed by atoms with Gasteiger partial charge in [0, 0.05) is 50.8 Å². The number of carbonyl (C=O) groups is 1. The molecule has 0 radical (unpaired) electrons. The van der Waals surface area contributed by atoms with E-state index in [1.807, 2.05) is 35.6 Å². The molecule has 1 aromatic carbocycles. The van der Waals surface area contributed by atoms with Crippen LogP contribution in [0.25, 0.3) is 0 Å².